The van der Waals surface area contributed by atoms with Crippen LogP contribution in [0.2, 0.25) is 0 Å². The Labute approximate surface area is 50.4 Å². The van der Waals surface area contributed by atoms with E-state index in [-0.39, 0.29) is 24.8 Å². The lowest BCUT2D eigenvalue weighted by molar-refractivity contribution is 0.433. The highest BCUT2D eigenvalue weighted by Crippen LogP contribution is 1.83. The average Bonchev–Trinajstić information content (AvgIpc) is 1.37. The third-order valence-corrected chi connectivity index (χ3v) is 0.289. The Bertz CT molecular complexity index is 25.5. The normalized spacial score (nSPS) is 6.83. The van der Waals surface area contributed by atoms with Crippen molar-refractivity contribution < 1.29 is 9.09 Å². The molecule has 0 aromatic rings. The minimum absolute atomic E-state index is 0. The van der Waals surface area contributed by atoms with Crippen molar-refractivity contribution in [3.05, 3.63) is 0 Å². The first-order valence-electron chi connectivity index (χ1n) is 0.880. The first-order chi connectivity index (χ1) is 1.91. The third kappa shape index (κ3) is 21.6. The molecule has 5 heteroatoms. The van der Waals surface area contributed by atoms with Crippen LogP contribution in [0, 0.1) is 0 Å². The Morgan fingerprint density at radius 1 is 1.50 bits per heavy atom. The van der Waals surface area contributed by atoms with Crippen LogP contribution in [-0.2, 0) is 9.09 Å². The molecule has 0 heterocycles. The van der Waals surface area contributed by atoms with Crippen molar-refractivity contribution in [1.29, 1.82) is 0 Å². The molecule has 0 spiro atoms. The Morgan fingerprint density at radius 2 is 1.67 bits per heavy atom. The van der Waals surface area contributed by atoms with Gasteiger partial charge >= 0.3 is 0 Å². The van der Waals surface area contributed by atoms with Gasteiger partial charge in [-0.05, 0) is 0 Å². The molecule has 1 unspecified atom stereocenters. The lowest BCUT2D eigenvalue weighted by Gasteiger charge is -1.63. The van der Waals surface area contributed by atoms with Crippen molar-refractivity contribution in [2.75, 3.05) is 7.11 Å². The van der Waals surface area contributed by atoms with Gasteiger partial charge in [-0.25, -0.2) is 0 Å². The molecular weight excluding hydrogens is 146 g/mol. The van der Waals surface area contributed by atoms with Gasteiger partial charge in [0, 0.05) is 7.11 Å². The van der Waals surface area contributed by atoms with E-state index in [1.165, 1.54) is 7.11 Å². The fourth-order valence-corrected chi connectivity index (χ4v) is 0. The molecule has 0 amide bonds. The van der Waals surface area contributed by atoms with Gasteiger partial charge in [0.2, 0.25) is 0 Å². The van der Waals surface area contributed by atoms with Gasteiger partial charge in [-0.1, -0.05) is 0 Å². The Balaban J connectivity index is -0.0000000450. The van der Waals surface area contributed by atoms with Gasteiger partial charge < -0.3 is 4.52 Å². The maximum absolute atomic E-state index is 9.16. The quantitative estimate of drug-likeness (QED) is 0.528. The lowest BCUT2D eigenvalue weighted by atomic mass is 11.8. The summed E-state index contributed by atoms with van der Waals surface area (Å²) in [6, 6.07) is 0. The maximum atomic E-state index is 9.16. The SMILES string of the molecule is CO[PH2]=O.Cl.Cl. The standard InChI is InChI=1S/CH5O2P.2ClH/c1-3-4-2;;/h4H2,1H3;2*1H. The minimum atomic E-state index is -0.968. The first-order valence-corrected chi connectivity index (χ1v) is 1.82. The van der Waals surface area contributed by atoms with Gasteiger partial charge in [0.25, 0.3) is 0 Å². The van der Waals surface area contributed by atoms with Crippen molar-refractivity contribution in [1.82, 2.24) is 0 Å². The summed E-state index contributed by atoms with van der Waals surface area (Å²) >= 11 is 0. The van der Waals surface area contributed by atoms with Crippen LogP contribution < -0.4 is 0 Å². The van der Waals surface area contributed by atoms with Crippen molar-refractivity contribution in [2.45, 2.75) is 0 Å². The van der Waals surface area contributed by atoms with E-state index >= 15 is 0 Å². The third-order valence-electron chi connectivity index (χ3n) is 0.0962. The van der Waals surface area contributed by atoms with Gasteiger partial charge in [-0.15, -0.1) is 24.8 Å². The molecule has 0 rings (SSSR count). The molecule has 6 heavy (non-hydrogen) atoms. The highest BCUT2D eigenvalue weighted by atomic mass is 35.5. The maximum Gasteiger partial charge on any atom is 0.179 e. The van der Waals surface area contributed by atoms with Crippen LogP contribution in [-0.4, -0.2) is 7.11 Å². The van der Waals surface area contributed by atoms with E-state index in [0.717, 1.165) is 0 Å². The van der Waals surface area contributed by atoms with Crippen LogP contribution in [0.1, 0.15) is 0 Å². The second kappa shape index (κ2) is 17.1. The summed E-state index contributed by atoms with van der Waals surface area (Å²) < 4.78 is 13.2. The van der Waals surface area contributed by atoms with Crippen LogP contribution in [0.5, 0.6) is 0 Å². The second-order valence-electron chi connectivity index (χ2n) is 0.332. The van der Waals surface area contributed by atoms with Crippen LogP contribution in [0.3, 0.4) is 0 Å². The fourth-order valence-electron chi connectivity index (χ4n) is 0. The molecule has 1 atom stereocenters. The van der Waals surface area contributed by atoms with Crippen LogP contribution in [0.25, 0.3) is 0 Å². The van der Waals surface area contributed by atoms with E-state index in [9.17, 15) is 0 Å². The van der Waals surface area contributed by atoms with E-state index in [0.29, 0.717) is 0 Å². The zero-order chi connectivity index (χ0) is 3.41. The van der Waals surface area contributed by atoms with E-state index in [1.54, 1.807) is 0 Å². The van der Waals surface area contributed by atoms with Gasteiger partial charge in [0.05, 0.1) is 0 Å². The topological polar surface area (TPSA) is 26.3 Å². The molecule has 0 aromatic carbocycles. The van der Waals surface area contributed by atoms with Crippen LogP contribution in [0.15, 0.2) is 0 Å². The molecule has 0 aliphatic rings. The number of rotatable bonds is 1. The molecule has 0 aliphatic heterocycles. The monoisotopic (exact) mass is 152 g/mol. The van der Waals surface area contributed by atoms with Gasteiger partial charge in [-0.3, -0.25) is 4.57 Å². The number of hydrogen-bond donors (Lipinski definition) is 0. The van der Waals surface area contributed by atoms with Crippen molar-refractivity contribution in [2.24, 2.45) is 0 Å². The number of hydrogen-bond acceptors (Lipinski definition) is 2. The minimum Gasteiger partial charge on any atom is -0.336 e. The predicted octanol–water partition coefficient (Wildman–Crippen LogP) is 1.15. The van der Waals surface area contributed by atoms with Crippen LogP contribution >= 0.6 is 33.5 Å². The van der Waals surface area contributed by atoms with Crippen LogP contribution in [0.4, 0.5) is 0 Å². The summed E-state index contributed by atoms with van der Waals surface area (Å²) in [5, 5.41) is 0. The largest absolute Gasteiger partial charge is 0.336 e. The van der Waals surface area contributed by atoms with E-state index < -0.39 is 8.69 Å². The van der Waals surface area contributed by atoms with Crippen molar-refractivity contribution in [3.63, 3.8) is 0 Å². The van der Waals surface area contributed by atoms with Crippen molar-refractivity contribution >= 4 is 33.5 Å². The lowest BCUT2D eigenvalue weighted by Crippen LogP contribution is -1.42. The molecular formula is CH7Cl2O2P. The van der Waals surface area contributed by atoms with Gasteiger partial charge in [-0.2, -0.15) is 0 Å². The molecule has 0 aromatic heterocycles. The summed E-state index contributed by atoms with van der Waals surface area (Å²) in [6.07, 6.45) is 0. The second-order valence-corrected chi connectivity index (χ2v) is 0.996. The molecule has 0 fully saturated rings. The molecule has 0 radical (unpaired) electrons. The molecule has 0 aliphatic carbocycles. The average molecular weight is 153 g/mol. The predicted molar refractivity (Wildman–Crippen MR) is 31.9 cm³/mol. The first kappa shape index (κ1) is 15.9. The summed E-state index contributed by atoms with van der Waals surface area (Å²) in [7, 11) is 0.437. The smallest absolute Gasteiger partial charge is 0.179 e. The Hall–Kier alpha value is 0.770. The summed E-state index contributed by atoms with van der Waals surface area (Å²) in [5.74, 6) is 0. The van der Waals surface area contributed by atoms with Crippen molar-refractivity contribution in [3.8, 4) is 0 Å². The molecule has 0 bridgehead atoms. The Kier molecular flexibility index (Phi) is 45.2. The summed E-state index contributed by atoms with van der Waals surface area (Å²) in [5.41, 5.74) is 0. The Morgan fingerprint density at radius 3 is 1.67 bits per heavy atom. The molecule has 0 saturated carbocycles. The zero-order valence-electron chi connectivity index (χ0n) is 3.21. The fraction of sp³-hybridized carbons (Fsp3) is 1.00. The molecule has 2 nitrogen and oxygen atoms in total. The summed E-state index contributed by atoms with van der Waals surface area (Å²) in [4.78, 5) is 0. The zero-order valence-corrected chi connectivity index (χ0v) is 6.00. The summed E-state index contributed by atoms with van der Waals surface area (Å²) in [6.45, 7) is 0. The molecule has 0 saturated heterocycles. The van der Waals surface area contributed by atoms with E-state index in [1.807, 2.05) is 0 Å². The van der Waals surface area contributed by atoms with E-state index in [2.05, 4.69) is 4.52 Å². The van der Waals surface area contributed by atoms with Gasteiger partial charge in [0.15, 0.2) is 8.69 Å². The highest BCUT2D eigenvalue weighted by molar-refractivity contribution is 7.17. The highest BCUT2D eigenvalue weighted by Gasteiger charge is 1.43. The number of halogens is 2. The molecule has 0 N–H and O–H groups in total. The van der Waals surface area contributed by atoms with E-state index in [4.69, 9.17) is 4.57 Å². The molecule has 42 valence electrons. The van der Waals surface area contributed by atoms with Gasteiger partial charge in [0.1, 0.15) is 0 Å².